The van der Waals surface area contributed by atoms with E-state index in [0.29, 0.717) is 10.7 Å². The molecule has 0 aromatic heterocycles. The van der Waals surface area contributed by atoms with Gasteiger partial charge in [-0.05, 0) is 51.8 Å². The first kappa shape index (κ1) is 25.4. The molecule has 0 radical (unpaired) electrons. The van der Waals surface area contributed by atoms with E-state index in [9.17, 15) is 22.8 Å². The summed E-state index contributed by atoms with van der Waals surface area (Å²) in [4.78, 5) is 40.7. The summed E-state index contributed by atoms with van der Waals surface area (Å²) in [5, 5.41) is 2.90. The van der Waals surface area contributed by atoms with Crippen molar-refractivity contribution < 1.29 is 22.8 Å². The highest BCUT2D eigenvalue weighted by molar-refractivity contribution is 7.90. The average Bonchev–Trinajstić information content (AvgIpc) is 2.93. The summed E-state index contributed by atoms with van der Waals surface area (Å²) in [6.45, 7) is 8.67. The average molecular weight is 486 g/mol. The van der Waals surface area contributed by atoms with Crippen LogP contribution in [0.4, 0.5) is 0 Å². The molecule has 1 atom stereocenters. The lowest BCUT2D eigenvalue weighted by Gasteiger charge is -2.33. The summed E-state index contributed by atoms with van der Waals surface area (Å²) >= 11 is 0. The van der Waals surface area contributed by atoms with Gasteiger partial charge in [0.05, 0.1) is 5.56 Å². The summed E-state index contributed by atoms with van der Waals surface area (Å²) in [5.41, 5.74) is 1.32. The zero-order valence-electron chi connectivity index (χ0n) is 20.2. The molecule has 0 fully saturated rings. The lowest BCUT2D eigenvalue weighted by atomic mass is 10.0. The maximum absolute atomic E-state index is 13.5. The normalized spacial score (nSPS) is 15.6. The number of fused-ring (bicyclic) bond motifs is 1. The topological polar surface area (TPSA) is 104 Å². The predicted octanol–water partition coefficient (Wildman–Crippen LogP) is 2.86. The Balaban J connectivity index is 1.94. The van der Waals surface area contributed by atoms with Crippen LogP contribution in [0.5, 0.6) is 0 Å². The molecule has 0 saturated carbocycles. The third-order valence-electron chi connectivity index (χ3n) is 5.51. The van der Waals surface area contributed by atoms with E-state index in [1.165, 1.54) is 23.1 Å². The molecule has 182 valence electrons. The number of sulfonamides is 1. The van der Waals surface area contributed by atoms with Crippen LogP contribution < -0.4 is 5.32 Å². The molecule has 0 bridgehead atoms. The molecule has 2 aromatic rings. The van der Waals surface area contributed by atoms with E-state index in [1.807, 2.05) is 52.0 Å². The monoisotopic (exact) mass is 485 g/mol. The zero-order chi connectivity index (χ0) is 25.3. The van der Waals surface area contributed by atoms with Crippen molar-refractivity contribution in [1.29, 1.82) is 0 Å². The van der Waals surface area contributed by atoms with Gasteiger partial charge in [0.15, 0.2) is 0 Å². The second-order valence-corrected chi connectivity index (χ2v) is 11.3. The summed E-state index contributed by atoms with van der Waals surface area (Å²) in [6.07, 6.45) is 0.320. The highest BCUT2D eigenvalue weighted by Gasteiger charge is 2.43. The number of rotatable bonds is 7. The van der Waals surface area contributed by atoms with Gasteiger partial charge in [-0.15, -0.1) is 0 Å². The van der Waals surface area contributed by atoms with E-state index in [-0.39, 0.29) is 22.9 Å². The molecule has 0 aliphatic carbocycles. The fourth-order valence-corrected chi connectivity index (χ4v) is 5.50. The molecule has 0 spiro atoms. The summed E-state index contributed by atoms with van der Waals surface area (Å²) in [7, 11) is -4.15. The standard InChI is InChI=1S/C25H31N3O5S/c1-6-20(23(30)26-25(3,4)5)27(15-18-11-9-10-17(2)14-18)22(29)16-28-24(31)19-12-7-8-13-21(19)34(28,32)33/h7-14,20H,6,15-16H2,1-5H3,(H,26,30)/t20-/m1/s1. The summed E-state index contributed by atoms with van der Waals surface area (Å²) < 4.78 is 26.5. The number of benzene rings is 2. The maximum atomic E-state index is 13.5. The second-order valence-electron chi connectivity index (χ2n) is 9.49. The van der Waals surface area contributed by atoms with Gasteiger partial charge >= 0.3 is 0 Å². The van der Waals surface area contributed by atoms with Crippen molar-refractivity contribution in [3.05, 3.63) is 65.2 Å². The fourth-order valence-electron chi connectivity index (χ4n) is 3.98. The van der Waals surface area contributed by atoms with Crippen molar-refractivity contribution >= 4 is 27.7 Å². The van der Waals surface area contributed by atoms with E-state index in [0.717, 1.165) is 11.1 Å². The van der Waals surface area contributed by atoms with Crippen LogP contribution in [0.25, 0.3) is 0 Å². The van der Waals surface area contributed by atoms with E-state index in [4.69, 9.17) is 0 Å². The Morgan fingerprint density at radius 2 is 1.76 bits per heavy atom. The van der Waals surface area contributed by atoms with Crippen LogP contribution in [0.3, 0.4) is 0 Å². The first-order chi connectivity index (χ1) is 15.8. The molecule has 1 N–H and O–H groups in total. The first-order valence-corrected chi connectivity index (χ1v) is 12.6. The smallest absolute Gasteiger partial charge is 0.269 e. The number of aryl methyl sites for hydroxylation is 1. The third-order valence-corrected chi connectivity index (χ3v) is 7.30. The Hall–Kier alpha value is -3.20. The number of carbonyl (C=O) groups excluding carboxylic acids is 3. The summed E-state index contributed by atoms with van der Waals surface area (Å²) in [6, 6.07) is 12.6. The molecular formula is C25H31N3O5S. The van der Waals surface area contributed by atoms with Crippen LogP contribution >= 0.6 is 0 Å². The van der Waals surface area contributed by atoms with Crippen LogP contribution in [-0.4, -0.2) is 53.5 Å². The van der Waals surface area contributed by atoms with Gasteiger partial charge in [-0.25, -0.2) is 12.7 Å². The van der Waals surface area contributed by atoms with Crippen LogP contribution in [0, 0.1) is 6.92 Å². The van der Waals surface area contributed by atoms with Gasteiger partial charge in [0.25, 0.3) is 15.9 Å². The van der Waals surface area contributed by atoms with Gasteiger partial charge in [-0.3, -0.25) is 14.4 Å². The number of amides is 3. The molecule has 2 aromatic carbocycles. The van der Waals surface area contributed by atoms with Crippen molar-refractivity contribution in [1.82, 2.24) is 14.5 Å². The lowest BCUT2D eigenvalue weighted by molar-refractivity contribution is -0.141. The Morgan fingerprint density at radius 1 is 1.09 bits per heavy atom. The number of hydrogen-bond acceptors (Lipinski definition) is 5. The fraction of sp³-hybridized carbons (Fsp3) is 0.400. The van der Waals surface area contributed by atoms with Gasteiger partial charge in [-0.2, -0.15) is 0 Å². The minimum atomic E-state index is -4.15. The maximum Gasteiger partial charge on any atom is 0.269 e. The van der Waals surface area contributed by atoms with Crippen molar-refractivity contribution in [2.24, 2.45) is 0 Å². The van der Waals surface area contributed by atoms with E-state index in [1.54, 1.807) is 13.0 Å². The van der Waals surface area contributed by atoms with Crippen LogP contribution in [0.15, 0.2) is 53.4 Å². The number of nitrogens with one attached hydrogen (secondary N) is 1. The number of carbonyl (C=O) groups is 3. The van der Waals surface area contributed by atoms with Gasteiger partial charge in [-0.1, -0.05) is 48.9 Å². The highest BCUT2D eigenvalue weighted by Crippen LogP contribution is 2.30. The quantitative estimate of drug-likeness (QED) is 0.650. The Bertz CT molecular complexity index is 1220. The molecule has 3 rings (SSSR count). The molecule has 34 heavy (non-hydrogen) atoms. The molecular weight excluding hydrogens is 454 g/mol. The molecule has 1 heterocycles. The van der Waals surface area contributed by atoms with Crippen LogP contribution in [0.1, 0.15) is 55.6 Å². The van der Waals surface area contributed by atoms with E-state index < -0.39 is 40.0 Å². The van der Waals surface area contributed by atoms with E-state index >= 15 is 0 Å². The SMILES string of the molecule is CC[C@H](C(=O)NC(C)(C)C)N(Cc1cccc(C)c1)C(=O)CN1C(=O)c2ccccc2S1(=O)=O. The first-order valence-electron chi connectivity index (χ1n) is 11.2. The van der Waals surface area contributed by atoms with Crippen molar-refractivity contribution in [2.75, 3.05) is 6.54 Å². The molecule has 1 aliphatic heterocycles. The highest BCUT2D eigenvalue weighted by atomic mass is 32.2. The van der Waals surface area contributed by atoms with Crippen LogP contribution in [0.2, 0.25) is 0 Å². The predicted molar refractivity (Wildman–Crippen MR) is 128 cm³/mol. The molecule has 0 unspecified atom stereocenters. The van der Waals surface area contributed by atoms with Gasteiger partial charge in [0.1, 0.15) is 17.5 Å². The largest absolute Gasteiger partial charge is 0.350 e. The number of nitrogens with zero attached hydrogens (tertiary/aromatic N) is 2. The molecule has 8 nitrogen and oxygen atoms in total. The van der Waals surface area contributed by atoms with Crippen molar-refractivity contribution in [3.63, 3.8) is 0 Å². The van der Waals surface area contributed by atoms with Crippen LogP contribution in [-0.2, 0) is 26.2 Å². The van der Waals surface area contributed by atoms with Gasteiger partial charge in [0, 0.05) is 12.1 Å². The lowest BCUT2D eigenvalue weighted by Crippen LogP contribution is -2.55. The van der Waals surface area contributed by atoms with Gasteiger partial charge < -0.3 is 10.2 Å². The molecule has 1 aliphatic rings. The Labute approximate surface area is 201 Å². The Morgan fingerprint density at radius 3 is 2.35 bits per heavy atom. The number of hydrogen-bond donors (Lipinski definition) is 1. The minimum Gasteiger partial charge on any atom is -0.350 e. The minimum absolute atomic E-state index is 0.0399. The van der Waals surface area contributed by atoms with Gasteiger partial charge in [0.2, 0.25) is 11.8 Å². The van der Waals surface area contributed by atoms with Crippen molar-refractivity contribution in [3.8, 4) is 0 Å². The Kier molecular flexibility index (Phi) is 7.16. The third kappa shape index (κ3) is 5.30. The summed E-state index contributed by atoms with van der Waals surface area (Å²) in [5.74, 6) is -1.70. The van der Waals surface area contributed by atoms with Crippen molar-refractivity contribution in [2.45, 2.75) is 64.1 Å². The molecule has 3 amide bonds. The zero-order valence-corrected chi connectivity index (χ0v) is 21.0. The molecule has 9 heteroatoms. The van der Waals surface area contributed by atoms with E-state index in [2.05, 4.69) is 5.32 Å². The second kappa shape index (κ2) is 9.58. The molecule has 0 saturated heterocycles.